The summed E-state index contributed by atoms with van der Waals surface area (Å²) in [6.45, 7) is 1.24. The summed E-state index contributed by atoms with van der Waals surface area (Å²) in [6.07, 6.45) is 0. The predicted octanol–water partition coefficient (Wildman–Crippen LogP) is 1.55. The van der Waals surface area contributed by atoms with Crippen LogP contribution < -0.4 is 0 Å². The molecule has 0 heterocycles. The fourth-order valence-electron chi connectivity index (χ4n) is 1.55. The lowest BCUT2D eigenvalue weighted by molar-refractivity contribution is -0.144. The third-order valence-corrected chi connectivity index (χ3v) is 3.66. The van der Waals surface area contributed by atoms with Gasteiger partial charge in [0.2, 0.25) is 0 Å². The number of nitrogens with zero attached hydrogens (tertiary/aromatic N) is 1. The maximum Gasteiger partial charge on any atom is 0.325 e. The molecule has 7 heteroatoms. The van der Waals surface area contributed by atoms with Gasteiger partial charge in [-0.1, -0.05) is 22.0 Å². The Kier molecular flexibility index (Phi) is 6.36. The summed E-state index contributed by atoms with van der Waals surface area (Å²) in [5.74, 6) is -1.68. The highest BCUT2D eigenvalue weighted by Crippen LogP contribution is 2.18. The van der Waals surface area contributed by atoms with Crippen LogP contribution in [0.15, 0.2) is 22.7 Å². The van der Waals surface area contributed by atoms with Gasteiger partial charge in [0.1, 0.15) is 13.1 Å². The second-order valence-corrected chi connectivity index (χ2v) is 5.13. The molecule has 0 saturated heterocycles. The van der Waals surface area contributed by atoms with Crippen LogP contribution in [0.2, 0.25) is 0 Å². The molecule has 1 aromatic rings. The highest BCUT2D eigenvalue weighted by atomic mass is 79.9. The number of carbonyl (C=O) groups is 3. The maximum atomic E-state index is 12.4. The van der Waals surface area contributed by atoms with E-state index in [-0.39, 0.29) is 13.1 Å². The fraction of sp³-hybridized carbons (Fsp3) is 0.357. The van der Waals surface area contributed by atoms with Crippen molar-refractivity contribution in [2.45, 2.75) is 6.92 Å². The molecule has 0 unspecified atom stereocenters. The lowest BCUT2D eigenvalue weighted by Gasteiger charge is -2.20. The Bertz CT molecular complexity index is 540. The average Bonchev–Trinajstić information content (AvgIpc) is 2.48. The number of ether oxygens (including phenoxy) is 2. The molecule has 0 spiro atoms. The van der Waals surface area contributed by atoms with E-state index >= 15 is 0 Å². The number of aryl methyl sites for hydroxylation is 1. The molecule has 21 heavy (non-hydrogen) atoms. The van der Waals surface area contributed by atoms with Crippen LogP contribution in [-0.2, 0) is 19.1 Å². The van der Waals surface area contributed by atoms with Crippen molar-refractivity contribution >= 4 is 33.8 Å². The van der Waals surface area contributed by atoms with Gasteiger partial charge in [-0.05, 0) is 24.6 Å². The van der Waals surface area contributed by atoms with Crippen LogP contribution in [0.4, 0.5) is 0 Å². The van der Waals surface area contributed by atoms with Crippen LogP contribution in [-0.4, -0.2) is 50.1 Å². The summed E-state index contributed by atoms with van der Waals surface area (Å²) < 4.78 is 9.83. The lowest BCUT2D eigenvalue weighted by Crippen LogP contribution is -2.40. The predicted molar refractivity (Wildman–Crippen MR) is 78.8 cm³/mol. The van der Waals surface area contributed by atoms with E-state index in [9.17, 15) is 14.4 Å². The Hall–Kier alpha value is -1.89. The van der Waals surface area contributed by atoms with Gasteiger partial charge in [-0.3, -0.25) is 14.4 Å². The molecule has 0 aliphatic carbocycles. The Labute approximate surface area is 131 Å². The molecule has 114 valence electrons. The Balaban J connectivity index is 2.99. The van der Waals surface area contributed by atoms with Crippen molar-refractivity contribution in [2.24, 2.45) is 0 Å². The van der Waals surface area contributed by atoms with Gasteiger partial charge in [0.05, 0.1) is 14.2 Å². The van der Waals surface area contributed by atoms with Crippen LogP contribution in [0.5, 0.6) is 0 Å². The summed E-state index contributed by atoms with van der Waals surface area (Å²) in [5.41, 5.74) is 1.33. The van der Waals surface area contributed by atoms with Gasteiger partial charge >= 0.3 is 11.9 Å². The second kappa shape index (κ2) is 7.78. The molecular weight excluding hydrogens is 342 g/mol. The van der Waals surface area contributed by atoms with E-state index in [0.29, 0.717) is 5.56 Å². The molecule has 6 nitrogen and oxygen atoms in total. The van der Waals surface area contributed by atoms with Crippen molar-refractivity contribution in [2.75, 3.05) is 27.3 Å². The number of benzene rings is 1. The smallest absolute Gasteiger partial charge is 0.325 e. The van der Waals surface area contributed by atoms with E-state index in [0.717, 1.165) is 14.9 Å². The van der Waals surface area contributed by atoms with Crippen LogP contribution in [0.3, 0.4) is 0 Å². The van der Waals surface area contributed by atoms with E-state index < -0.39 is 17.8 Å². The van der Waals surface area contributed by atoms with Crippen molar-refractivity contribution in [3.8, 4) is 0 Å². The minimum atomic E-state index is -0.613. The number of methoxy groups -OCH3 is 2. The SMILES string of the molecule is COC(=O)CN(CC(=O)OC)C(=O)c1ccc(C)c(Br)c1. The Morgan fingerprint density at radius 1 is 1.10 bits per heavy atom. The van der Waals surface area contributed by atoms with E-state index in [2.05, 4.69) is 25.4 Å². The first-order chi connectivity index (χ1) is 9.88. The molecule has 0 radical (unpaired) electrons. The van der Waals surface area contributed by atoms with Gasteiger partial charge in [0.25, 0.3) is 5.91 Å². The van der Waals surface area contributed by atoms with E-state index in [4.69, 9.17) is 0 Å². The van der Waals surface area contributed by atoms with Crippen molar-refractivity contribution < 1.29 is 23.9 Å². The minimum absolute atomic E-state index is 0.323. The Morgan fingerprint density at radius 2 is 1.62 bits per heavy atom. The molecule has 1 amide bonds. The standard InChI is InChI=1S/C14H16BrNO5/c1-9-4-5-10(6-11(9)15)14(19)16(7-12(17)20-2)8-13(18)21-3/h4-6H,7-8H2,1-3H3. The topological polar surface area (TPSA) is 72.9 Å². The molecule has 0 bridgehead atoms. The Morgan fingerprint density at radius 3 is 2.05 bits per heavy atom. The quantitative estimate of drug-likeness (QED) is 0.747. The van der Waals surface area contributed by atoms with Crippen molar-refractivity contribution in [1.29, 1.82) is 0 Å². The molecule has 1 rings (SSSR count). The van der Waals surface area contributed by atoms with Gasteiger partial charge in [0, 0.05) is 10.0 Å². The van der Waals surface area contributed by atoms with Gasteiger partial charge in [0.15, 0.2) is 0 Å². The molecule has 0 N–H and O–H groups in total. The van der Waals surface area contributed by atoms with Gasteiger partial charge < -0.3 is 14.4 Å². The lowest BCUT2D eigenvalue weighted by atomic mass is 10.1. The largest absolute Gasteiger partial charge is 0.468 e. The van der Waals surface area contributed by atoms with Crippen LogP contribution in [0.1, 0.15) is 15.9 Å². The fourth-order valence-corrected chi connectivity index (χ4v) is 1.93. The first kappa shape index (κ1) is 17.2. The highest BCUT2D eigenvalue weighted by molar-refractivity contribution is 9.10. The van der Waals surface area contributed by atoms with Crippen molar-refractivity contribution in [3.63, 3.8) is 0 Å². The summed E-state index contributed by atoms with van der Waals surface area (Å²) in [6, 6.07) is 5.04. The zero-order chi connectivity index (χ0) is 16.0. The number of carbonyl (C=O) groups excluding carboxylic acids is 3. The molecule has 0 aliphatic rings. The number of hydrogen-bond donors (Lipinski definition) is 0. The third-order valence-electron chi connectivity index (χ3n) is 2.80. The summed E-state index contributed by atoms with van der Waals surface area (Å²) in [7, 11) is 2.43. The van der Waals surface area contributed by atoms with Crippen LogP contribution in [0, 0.1) is 6.92 Å². The molecule has 1 aromatic carbocycles. The number of halogens is 1. The summed E-state index contributed by atoms with van der Waals surface area (Å²) in [5, 5.41) is 0. The van der Waals surface area contributed by atoms with E-state index in [1.807, 2.05) is 6.92 Å². The maximum absolute atomic E-state index is 12.4. The molecular formula is C14H16BrNO5. The molecule has 0 aromatic heterocycles. The van der Waals surface area contributed by atoms with Crippen molar-refractivity contribution in [1.82, 2.24) is 4.90 Å². The molecule has 0 fully saturated rings. The zero-order valence-electron chi connectivity index (χ0n) is 12.0. The van der Waals surface area contributed by atoms with E-state index in [1.54, 1.807) is 18.2 Å². The normalized spacial score (nSPS) is 9.90. The van der Waals surface area contributed by atoms with Crippen LogP contribution in [0.25, 0.3) is 0 Å². The molecule has 0 aliphatic heterocycles. The zero-order valence-corrected chi connectivity index (χ0v) is 13.6. The third kappa shape index (κ3) is 4.86. The number of esters is 2. The minimum Gasteiger partial charge on any atom is -0.468 e. The van der Waals surface area contributed by atoms with Crippen molar-refractivity contribution in [3.05, 3.63) is 33.8 Å². The van der Waals surface area contributed by atoms with E-state index in [1.165, 1.54) is 14.2 Å². The number of hydrogen-bond acceptors (Lipinski definition) is 5. The van der Waals surface area contributed by atoms with Gasteiger partial charge in [-0.25, -0.2) is 0 Å². The number of rotatable bonds is 5. The van der Waals surface area contributed by atoms with Crippen LogP contribution >= 0.6 is 15.9 Å². The monoisotopic (exact) mass is 357 g/mol. The highest BCUT2D eigenvalue weighted by Gasteiger charge is 2.22. The summed E-state index contributed by atoms with van der Waals surface area (Å²) in [4.78, 5) is 36.2. The first-order valence-corrected chi connectivity index (χ1v) is 6.87. The van der Waals surface area contributed by atoms with Gasteiger partial charge in [-0.15, -0.1) is 0 Å². The first-order valence-electron chi connectivity index (χ1n) is 6.08. The molecule has 0 saturated carbocycles. The van der Waals surface area contributed by atoms with Gasteiger partial charge in [-0.2, -0.15) is 0 Å². The summed E-state index contributed by atoms with van der Waals surface area (Å²) >= 11 is 3.34. The average molecular weight is 358 g/mol. The molecule has 0 atom stereocenters. The number of amides is 1. The second-order valence-electron chi connectivity index (χ2n) is 4.28.